The van der Waals surface area contributed by atoms with Gasteiger partial charge in [-0.1, -0.05) is 64.2 Å². The molecule has 4 N–H and O–H groups in total. The van der Waals surface area contributed by atoms with Crippen LogP contribution in [0.3, 0.4) is 0 Å². The molecule has 0 radical (unpaired) electrons. The number of hydrogen-bond donors (Lipinski definition) is 4. The first kappa shape index (κ1) is 24.3. The number of likely N-dealkylation sites (tertiary alicyclic amines) is 1. The number of nitrogens with zero attached hydrogens (tertiary/aromatic N) is 1. The lowest BCUT2D eigenvalue weighted by atomic mass is 9.62. The molecule has 0 bridgehead atoms. The van der Waals surface area contributed by atoms with Crippen LogP contribution in [0.4, 0.5) is 0 Å². The molecule has 2 aliphatic carbocycles. The van der Waals surface area contributed by atoms with Crippen molar-refractivity contribution in [2.24, 2.45) is 17.3 Å². The molecule has 5 aliphatic rings. The summed E-state index contributed by atoms with van der Waals surface area (Å²) in [6, 6.07) is 0.534. The van der Waals surface area contributed by atoms with E-state index in [1.54, 1.807) is 0 Å². The molecule has 0 aromatic carbocycles. The molecule has 3 heterocycles. The van der Waals surface area contributed by atoms with Gasteiger partial charge in [0.15, 0.2) is 0 Å². The number of alkyl halides is 1. The molecular formula is C26H46ClN5O. The zero-order chi connectivity index (χ0) is 22.7. The fraction of sp³-hybridized carbons (Fsp3) is 0.962. The van der Waals surface area contributed by atoms with E-state index in [2.05, 4.69) is 26.6 Å². The van der Waals surface area contributed by atoms with E-state index in [1.165, 1.54) is 89.9 Å². The molecule has 4 atom stereocenters. The van der Waals surface area contributed by atoms with E-state index in [4.69, 9.17) is 11.6 Å². The van der Waals surface area contributed by atoms with Crippen molar-refractivity contribution in [3.63, 3.8) is 0 Å². The van der Waals surface area contributed by atoms with Crippen LogP contribution in [0.15, 0.2) is 0 Å². The summed E-state index contributed by atoms with van der Waals surface area (Å²) in [5, 5.41) is -0.489. The molecule has 188 valence electrons. The van der Waals surface area contributed by atoms with Gasteiger partial charge in [-0.3, -0.25) is 26.0 Å². The van der Waals surface area contributed by atoms with E-state index in [0.717, 1.165) is 38.5 Å². The highest BCUT2D eigenvalue weighted by atomic mass is 35.5. The summed E-state index contributed by atoms with van der Waals surface area (Å²) in [7, 11) is 0. The standard InChI is InChI=1S/C26H46ClN5O/c27-23-24(33)31-29-18-26(23,21-13-9-5-2-6-10-14-21)32-16-15-22-25(19-32,17-28-30-22)20-11-7-3-1-4-8-12-20/h20-23,28-30H,1-19H2,(H,31,33). The lowest BCUT2D eigenvalue weighted by Crippen LogP contribution is -2.76. The van der Waals surface area contributed by atoms with Crippen LogP contribution in [0.25, 0.3) is 0 Å². The van der Waals surface area contributed by atoms with Crippen molar-refractivity contribution < 1.29 is 4.79 Å². The van der Waals surface area contributed by atoms with Gasteiger partial charge in [0, 0.05) is 37.6 Å². The lowest BCUT2D eigenvalue weighted by Gasteiger charge is -2.59. The number of nitrogens with one attached hydrogen (secondary N) is 4. The highest BCUT2D eigenvalue weighted by Gasteiger charge is 2.59. The number of fused-ring (bicyclic) bond motifs is 1. The van der Waals surface area contributed by atoms with Crippen molar-refractivity contribution in [2.45, 2.75) is 113 Å². The van der Waals surface area contributed by atoms with Crippen molar-refractivity contribution in [1.29, 1.82) is 0 Å². The van der Waals surface area contributed by atoms with Crippen LogP contribution in [-0.4, -0.2) is 53.9 Å². The molecule has 0 aromatic heterocycles. The van der Waals surface area contributed by atoms with Crippen LogP contribution in [0.2, 0.25) is 0 Å². The van der Waals surface area contributed by atoms with E-state index >= 15 is 0 Å². The second-order valence-corrected chi connectivity index (χ2v) is 12.2. The topological polar surface area (TPSA) is 68.4 Å². The summed E-state index contributed by atoms with van der Waals surface area (Å²) in [4.78, 5) is 15.7. The SMILES string of the molecule is O=C1NNCC(C2CCCCCCC2)(N2CCC3NNCC3(C3CCCCCCC3)C2)C1Cl. The third-order valence-electron chi connectivity index (χ3n) is 10.1. The highest BCUT2D eigenvalue weighted by Crippen LogP contribution is 2.49. The van der Waals surface area contributed by atoms with E-state index in [0.29, 0.717) is 12.0 Å². The Labute approximate surface area is 205 Å². The summed E-state index contributed by atoms with van der Waals surface area (Å²) in [5.41, 5.74) is 13.4. The quantitative estimate of drug-likeness (QED) is 0.463. The second-order valence-electron chi connectivity index (χ2n) is 11.8. The van der Waals surface area contributed by atoms with E-state index in [-0.39, 0.29) is 16.9 Å². The summed E-state index contributed by atoms with van der Waals surface area (Å²) in [6.07, 6.45) is 19.7. The van der Waals surface area contributed by atoms with Crippen LogP contribution in [0.5, 0.6) is 0 Å². The molecule has 5 rings (SSSR count). The number of piperidine rings is 1. The van der Waals surface area contributed by atoms with Gasteiger partial charge in [-0.25, -0.2) is 5.43 Å². The number of rotatable bonds is 3. The van der Waals surface area contributed by atoms with Crippen LogP contribution in [0, 0.1) is 17.3 Å². The van der Waals surface area contributed by atoms with Crippen molar-refractivity contribution in [3.05, 3.63) is 0 Å². The third kappa shape index (κ3) is 4.60. The molecule has 0 spiro atoms. The predicted molar refractivity (Wildman–Crippen MR) is 134 cm³/mol. The minimum atomic E-state index is -0.489. The maximum atomic E-state index is 13.0. The van der Waals surface area contributed by atoms with Crippen LogP contribution >= 0.6 is 11.6 Å². The molecule has 4 unspecified atom stereocenters. The van der Waals surface area contributed by atoms with Crippen LogP contribution < -0.4 is 21.7 Å². The predicted octanol–water partition coefficient (Wildman–Crippen LogP) is 3.86. The molecule has 5 fully saturated rings. The third-order valence-corrected chi connectivity index (χ3v) is 10.7. The Bertz CT molecular complexity index is 663. The Kier molecular flexibility index (Phi) is 7.88. The summed E-state index contributed by atoms with van der Waals surface area (Å²) in [6.45, 7) is 3.91. The van der Waals surface area contributed by atoms with Crippen LogP contribution in [-0.2, 0) is 4.79 Å². The van der Waals surface area contributed by atoms with Gasteiger partial charge in [-0.15, -0.1) is 11.6 Å². The van der Waals surface area contributed by atoms with Crippen molar-refractivity contribution >= 4 is 17.5 Å². The Morgan fingerprint density at radius 3 is 2.03 bits per heavy atom. The number of carbonyl (C=O) groups excluding carboxylic acids is 1. The summed E-state index contributed by atoms with van der Waals surface area (Å²) >= 11 is 7.15. The minimum Gasteiger partial charge on any atom is -0.293 e. The van der Waals surface area contributed by atoms with E-state index < -0.39 is 5.38 Å². The monoisotopic (exact) mass is 479 g/mol. The van der Waals surface area contributed by atoms with Gasteiger partial charge >= 0.3 is 0 Å². The van der Waals surface area contributed by atoms with E-state index in [9.17, 15) is 4.79 Å². The molecule has 3 saturated heterocycles. The lowest BCUT2D eigenvalue weighted by molar-refractivity contribution is -0.134. The summed E-state index contributed by atoms with van der Waals surface area (Å²) in [5.74, 6) is 1.20. The average Bonchev–Trinajstić information content (AvgIpc) is 3.20. The summed E-state index contributed by atoms with van der Waals surface area (Å²) < 4.78 is 0. The largest absolute Gasteiger partial charge is 0.293 e. The molecular weight excluding hydrogens is 434 g/mol. The Hall–Kier alpha value is -0.400. The minimum absolute atomic E-state index is 0.0326. The van der Waals surface area contributed by atoms with Gasteiger partial charge in [-0.2, -0.15) is 0 Å². The fourth-order valence-corrected chi connectivity index (χ4v) is 8.73. The Balaban J connectivity index is 1.46. The zero-order valence-electron chi connectivity index (χ0n) is 20.5. The molecule has 7 heteroatoms. The first-order valence-corrected chi connectivity index (χ1v) is 14.5. The van der Waals surface area contributed by atoms with Gasteiger partial charge in [0.1, 0.15) is 5.38 Å². The molecule has 3 aliphatic heterocycles. The number of carbonyl (C=O) groups is 1. The highest BCUT2D eigenvalue weighted by molar-refractivity contribution is 6.32. The maximum absolute atomic E-state index is 13.0. The average molecular weight is 480 g/mol. The Morgan fingerprint density at radius 2 is 1.36 bits per heavy atom. The fourth-order valence-electron chi connectivity index (χ4n) is 8.29. The number of hydrazine groups is 2. The first-order chi connectivity index (χ1) is 16.2. The first-order valence-electron chi connectivity index (χ1n) is 14.1. The number of hydrogen-bond acceptors (Lipinski definition) is 5. The molecule has 1 amide bonds. The van der Waals surface area contributed by atoms with Gasteiger partial charge < -0.3 is 0 Å². The van der Waals surface area contributed by atoms with Gasteiger partial charge in [-0.05, 0) is 43.9 Å². The van der Waals surface area contributed by atoms with E-state index in [1.807, 2.05) is 0 Å². The van der Waals surface area contributed by atoms with Crippen molar-refractivity contribution in [3.8, 4) is 0 Å². The van der Waals surface area contributed by atoms with Gasteiger partial charge in [0.25, 0.3) is 5.91 Å². The van der Waals surface area contributed by atoms with Gasteiger partial charge in [0.05, 0.1) is 5.54 Å². The number of amides is 1. The molecule has 2 saturated carbocycles. The van der Waals surface area contributed by atoms with Gasteiger partial charge in [0.2, 0.25) is 0 Å². The van der Waals surface area contributed by atoms with Crippen molar-refractivity contribution in [1.82, 2.24) is 26.6 Å². The molecule has 33 heavy (non-hydrogen) atoms. The number of halogens is 1. The smallest absolute Gasteiger partial charge is 0.254 e. The van der Waals surface area contributed by atoms with Crippen molar-refractivity contribution in [2.75, 3.05) is 26.2 Å². The van der Waals surface area contributed by atoms with Crippen LogP contribution in [0.1, 0.15) is 96.3 Å². The molecule has 0 aromatic rings. The molecule has 6 nitrogen and oxygen atoms in total. The normalized spacial score (nSPS) is 40.8. The maximum Gasteiger partial charge on any atom is 0.254 e. The zero-order valence-corrected chi connectivity index (χ0v) is 21.2. The Morgan fingerprint density at radius 1 is 0.758 bits per heavy atom. The second kappa shape index (κ2) is 10.7.